The maximum Gasteiger partial charge on any atom is 0.307 e. The number of rotatable bonds is 1. The summed E-state index contributed by atoms with van der Waals surface area (Å²) < 4.78 is 0. The Morgan fingerprint density at radius 2 is 2.08 bits per heavy atom. The molecule has 2 N–H and O–H groups in total. The molecular formula is C20H26N2O2. The number of aromatic amines is 1. The van der Waals surface area contributed by atoms with Crippen LogP contribution in [0.3, 0.4) is 0 Å². The van der Waals surface area contributed by atoms with Gasteiger partial charge in [-0.05, 0) is 48.1 Å². The third-order valence-electron chi connectivity index (χ3n) is 6.01. The molecule has 2 heterocycles. The first kappa shape index (κ1) is 15.7. The lowest BCUT2D eigenvalue weighted by Crippen LogP contribution is -2.49. The molecule has 1 aliphatic carbocycles. The molecule has 24 heavy (non-hydrogen) atoms. The Balaban J connectivity index is 1.89. The van der Waals surface area contributed by atoms with Crippen LogP contribution in [0.25, 0.3) is 10.9 Å². The zero-order valence-corrected chi connectivity index (χ0v) is 14.9. The number of hydrogen-bond donors (Lipinski definition) is 2. The number of carbonyl (C=O) groups is 1. The minimum Gasteiger partial charge on any atom is -0.481 e. The topological polar surface area (TPSA) is 56.3 Å². The second kappa shape index (κ2) is 5.09. The van der Waals surface area contributed by atoms with Crippen molar-refractivity contribution in [3.8, 4) is 0 Å². The number of aromatic nitrogens is 1. The smallest absolute Gasteiger partial charge is 0.307 e. The van der Waals surface area contributed by atoms with E-state index in [1.807, 2.05) is 0 Å². The second-order valence-electron chi connectivity index (χ2n) is 8.64. The summed E-state index contributed by atoms with van der Waals surface area (Å²) in [5.74, 6) is -0.633. The van der Waals surface area contributed by atoms with Crippen LogP contribution in [0, 0.1) is 5.92 Å². The van der Waals surface area contributed by atoms with Crippen molar-refractivity contribution in [1.29, 1.82) is 0 Å². The molecule has 0 radical (unpaired) electrons. The van der Waals surface area contributed by atoms with E-state index < -0.39 is 5.97 Å². The monoisotopic (exact) mass is 326 g/mol. The SMILES string of the molecule is CN1CC(C(=O)O)CC2c3cc(C(C)(C)C)cc4[nH]cc(c34)C[C@H]21. The van der Waals surface area contributed by atoms with E-state index in [1.165, 1.54) is 27.6 Å². The zero-order valence-electron chi connectivity index (χ0n) is 14.9. The quantitative estimate of drug-likeness (QED) is 0.843. The summed E-state index contributed by atoms with van der Waals surface area (Å²) in [6, 6.07) is 5.01. The molecule has 0 saturated carbocycles. The summed E-state index contributed by atoms with van der Waals surface area (Å²) in [6.45, 7) is 7.35. The van der Waals surface area contributed by atoms with Gasteiger partial charge >= 0.3 is 5.97 Å². The molecule has 1 fully saturated rings. The van der Waals surface area contributed by atoms with Gasteiger partial charge in [-0.1, -0.05) is 26.8 Å². The summed E-state index contributed by atoms with van der Waals surface area (Å²) >= 11 is 0. The van der Waals surface area contributed by atoms with Crippen molar-refractivity contribution >= 4 is 16.9 Å². The van der Waals surface area contributed by atoms with Gasteiger partial charge in [-0.2, -0.15) is 0 Å². The van der Waals surface area contributed by atoms with Gasteiger partial charge in [0.25, 0.3) is 0 Å². The maximum absolute atomic E-state index is 11.6. The van der Waals surface area contributed by atoms with Crippen molar-refractivity contribution in [2.24, 2.45) is 5.92 Å². The van der Waals surface area contributed by atoms with Crippen molar-refractivity contribution in [1.82, 2.24) is 9.88 Å². The van der Waals surface area contributed by atoms with Crippen LogP contribution in [0.1, 0.15) is 49.8 Å². The molecule has 2 aliphatic rings. The Bertz CT molecular complexity index is 815. The number of aliphatic carboxylic acids is 1. The maximum atomic E-state index is 11.6. The van der Waals surface area contributed by atoms with Crippen molar-refractivity contribution in [3.05, 3.63) is 35.0 Å². The van der Waals surface area contributed by atoms with Gasteiger partial charge in [0, 0.05) is 35.6 Å². The summed E-state index contributed by atoms with van der Waals surface area (Å²) in [4.78, 5) is 17.3. The minimum absolute atomic E-state index is 0.0790. The van der Waals surface area contributed by atoms with Crippen LogP contribution in [0.2, 0.25) is 0 Å². The number of likely N-dealkylation sites (tertiary alicyclic amines) is 1. The molecule has 4 rings (SSSR count). The molecule has 1 aromatic carbocycles. The van der Waals surface area contributed by atoms with Crippen molar-refractivity contribution < 1.29 is 9.90 Å². The highest BCUT2D eigenvalue weighted by Crippen LogP contribution is 2.45. The van der Waals surface area contributed by atoms with Gasteiger partial charge in [-0.25, -0.2) is 0 Å². The Labute approximate surface area is 142 Å². The highest BCUT2D eigenvalue weighted by atomic mass is 16.4. The number of nitrogens with zero attached hydrogens (tertiary/aromatic N) is 1. The molecule has 1 aliphatic heterocycles. The number of piperidine rings is 1. The predicted octanol–water partition coefficient (Wildman–Crippen LogP) is 3.51. The third-order valence-corrected chi connectivity index (χ3v) is 6.01. The molecule has 0 bridgehead atoms. The van der Waals surface area contributed by atoms with E-state index in [0.29, 0.717) is 18.5 Å². The number of carboxylic acids is 1. The van der Waals surface area contributed by atoms with Crippen molar-refractivity contribution in [2.75, 3.05) is 13.6 Å². The number of nitrogens with one attached hydrogen (secondary N) is 1. The molecule has 4 nitrogen and oxygen atoms in total. The van der Waals surface area contributed by atoms with Gasteiger partial charge in [0.2, 0.25) is 0 Å². The molecular weight excluding hydrogens is 300 g/mol. The molecule has 4 heteroatoms. The number of fused-ring (bicyclic) bond motifs is 2. The Kier molecular flexibility index (Phi) is 3.33. The van der Waals surface area contributed by atoms with E-state index in [2.05, 4.69) is 56.0 Å². The first-order valence-electron chi connectivity index (χ1n) is 8.83. The lowest BCUT2D eigenvalue weighted by molar-refractivity contribution is -0.144. The lowest BCUT2D eigenvalue weighted by atomic mass is 9.71. The summed E-state index contributed by atoms with van der Waals surface area (Å²) in [5.41, 5.74) is 5.32. The lowest BCUT2D eigenvalue weighted by Gasteiger charge is -2.44. The van der Waals surface area contributed by atoms with Crippen LogP contribution in [-0.4, -0.2) is 40.6 Å². The van der Waals surface area contributed by atoms with Crippen molar-refractivity contribution in [2.45, 2.75) is 51.0 Å². The molecule has 1 saturated heterocycles. The Morgan fingerprint density at radius 1 is 1.33 bits per heavy atom. The van der Waals surface area contributed by atoms with Gasteiger partial charge in [0.05, 0.1) is 5.92 Å². The van der Waals surface area contributed by atoms with Gasteiger partial charge in [-0.15, -0.1) is 0 Å². The van der Waals surface area contributed by atoms with E-state index in [-0.39, 0.29) is 11.3 Å². The predicted molar refractivity (Wildman–Crippen MR) is 95.6 cm³/mol. The third kappa shape index (κ3) is 2.27. The van der Waals surface area contributed by atoms with Gasteiger partial charge < -0.3 is 15.0 Å². The van der Waals surface area contributed by atoms with Gasteiger partial charge in [0.1, 0.15) is 0 Å². The normalized spacial score (nSPS) is 27.2. The Hall–Kier alpha value is -1.81. The van der Waals surface area contributed by atoms with E-state index in [9.17, 15) is 9.90 Å². The van der Waals surface area contributed by atoms with Crippen LogP contribution in [0.15, 0.2) is 18.3 Å². The second-order valence-corrected chi connectivity index (χ2v) is 8.64. The highest BCUT2D eigenvalue weighted by molar-refractivity contribution is 5.89. The number of carboxylic acid groups (broad SMARTS) is 1. The number of hydrogen-bond acceptors (Lipinski definition) is 2. The Morgan fingerprint density at radius 3 is 2.75 bits per heavy atom. The summed E-state index contributed by atoms with van der Waals surface area (Å²) in [5, 5.41) is 10.9. The van der Waals surface area contributed by atoms with E-state index in [4.69, 9.17) is 0 Å². The summed E-state index contributed by atoms with van der Waals surface area (Å²) in [7, 11) is 2.08. The van der Waals surface area contributed by atoms with Crippen LogP contribution < -0.4 is 0 Å². The fraction of sp³-hybridized carbons (Fsp3) is 0.550. The first-order chi connectivity index (χ1) is 11.3. The molecule has 0 spiro atoms. The number of likely N-dealkylation sites (N-methyl/N-ethyl adjacent to an activating group) is 1. The number of H-pyrrole nitrogens is 1. The molecule has 0 amide bonds. The molecule has 1 aromatic heterocycles. The molecule has 2 unspecified atom stereocenters. The fourth-order valence-corrected chi connectivity index (χ4v) is 4.63. The van der Waals surface area contributed by atoms with Crippen LogP contribution in [0.5, 0.6) is 0 Å². The van der Waals surface area contributed by atoms with Crippen LogP contribution >= 0.6 is 0 Å². The number of benzene rings is 1. The average molecular weight is 326 g/mol. The van der Waals surface area contributed by atoms with Crippen molar-refractivity contribution in [3.63, 3.8) is 0 Å². The molecule has 128 valence electrons. The van der Waals surface area contributed by atoms with Gasteiger partial charge in [0.15, 0.2) is 0 Å². The van der Waals surface area contributed by atoms with E-state index in [1.54, 1.807) is 0 Å². The fourth-order valence-electron chi connectivity index (χ4n) is 4.63. The summed E-state index contributed by atoms with van der Waals surface area (Å²) in [6.07, 6.45) is 3.90. The highest BCUT2D eigenvalue weighted by Gasteiger charge is 2.41. The largest absolute Gasteiger partial charge is 0.481 e. The van der Waals surface area contributed by atoms with E-state index >= 15 is 0 Å². The molecule has 3 atom stereocenters. The average Bonchev–Trinajstić information content (AvgIpc) is 2.91. The van der Waals surface area contributed by atoms with Crippen LogP contribution in [-0.2, 0) is 16.6 Å². The standard InChI is InChI=1S/C20H26N2O2/c1-20(2,3)13-7-15-14-5-12(19(23)24)10-22(4)17(14)6-11-9-21-16(8-13)18(11)15/h7-9,12,14,17,21H,5-6,10H2,1-4H3,(H,23,24)/t12?,14?,17-/m1/s1. The minimum atomic E-state index is -0.664. The van der Waals surface area contributed by atoms with Crippen LogP contribution in [0.4, 0.5) is 0 Å². The first-order valence-corrected chi connectivity index (χ1v) is 8.83. The zero-order chi connectivity index (χ0) is 17.2. The van der Waals surface area contributed by atoms with Gasteiger partial charge in [-0.3, -0.25) is 4.79 Å². The molecule has 2 aromatic rings. The van der Waals surface area contributed by atoms with E-state index in [0.717, 1.165) is 12.8 Å².